The fourth-order valence-corrected chi connectivity index (χ4v) is 2.94. The van der Waals surface area contributed by atoms with E-state index in [-0.39, 0.29) is 22.9 Å². The molecular formula is C22H19F3N4O4. The fourth-order valence-electron chi connectivity index (χ4n) is 2.94. The largest absolute Gasteiger partial charge is 0.573 e. The van der Waals surface area contributed by atoms with Crippen molar-refractivity contribution in [2.75, 3.05) is 0 Å². The van der Waals surface area contributed by atoms with Crippen LogP contribution in [0.15, 0.2) is 59.4 Å². The van der Waals surface area contributed by atoms with Gasteiger partial charge in [-0.15, -0.1) is 13.2 Å². The fraction of sp³-hybridized carbons (Fsp3) is 0.182. The minimum atomic E-state index is -4.89. The average molecular weight is 460 g/mol. The first-order valence-corrected chi connectivity index (χ1v) is 9.71. The Kier molecular flexibility index (Phi) is 6.80. The van der Waals surface area contributed by atoms with Crippen LogP contribution in [-0.2, 0) is 4.79 Å². The number of nitrogens with one attached hydrogen (secondary N) is 2. The molecular weight excluding hydrogens is 441 g/mol. The van der Waals surface area contributed by atoms with Gasteiger partial charge < -0.3 is 4.74 Å². The second-order valence-corrected chi connectivity index (χ2v) is 7.10. The van der Waals surface area contributed by atoms with E-state index in [2.05, 4.69) is 20.7 Å². The van der Waals surface area contributed by atoms with Gasteiger partial charge in [-0.1, -0.05) is 36.4 Å². The van der Waals surface area contributed by atoms with Gasteiger partial charge >= 0.3 is 6.36 Å². The maximum Gasteiger partial charge on any atom is 0.573 e. The van der Waals surface area contributed by atoms with E-state index >= 15 is 0 Å². The van der Waals surface area contributed by atoms with E-state index in [9.17, 15) is 27.6 Å². The Balaban J connectivity index is 1.76. The van der Waals surface area contributed by atoms with Crippen molar-refractivity contribution in [3.8, 4) is 5.75 Å². The van der Waals surface area contributed by atoms with E-state index in [1.807, 2.05) is 0 Å². The first-order chi connectivity index (χ1) is 15.6. The van der Waals surface area contributed by atoms with Crippen molar-refractivity contribution in [1.82, 2.24) is 20.6 Å². The summed E-state index contributed by atoms with van der Waals surface area (Å²) >= 11 is 0. The highest BCUT2D eigenvalue weighted by atomic mass is 19.4. The molecule has 3 rings (SSSR count). The van der Waals surface area contributed by atoms with E-state index in [4.69, 9.17) is 0 Å². The molecule has 1 heterocycles. The van der Waals surface area contributed by atoms with Crippen LogP contribution < -0.4 is 21.1 Å². The lowest BCUT2D eigenvalue weighted by molar-refractivity contribution is -0.274. The van der Waals surface area contributed by atoms with E-state index in [0.717, 1.165) is 22.9 Å². The number of carbonyl (C=O) groups is 2. The number of para-hydroxylation sites is 1. The first kappa shape index (κ1) is 23.5. The number of amides is 2. The molecule has 1 aromatic heterocycles. The number of benzene rings is 2. The second kappa shape index (κ2) is 9.55. The third-order valence-corrected chi connectivity index (χ3v) is 4.39. The van der Waals surface area contributed by atoms with Gasteiger partial charge in [0.1, 0.15) is 5.75 Å². The summed E-state index contributed by atoms with van der Waals surface area (Å²) in [6.45, 7) is 3.47. The molecule has 0 spiro atoms. The van der Waals surface area contributed by atoms with Gasteiger partial charge in [0.25, 0.3) is 17.4 Å². The number of ether oxygens (including phenoxy) is 1. The number of nitrogens with zero attached hydrogens (tertiary/aromatic N) is 2. The molecule has 0 saturated heterocycles. The van der Waals surface area contributed by atoms with Crippen molar-refractivity contribution < 1.29 is 27.5 Å². The van der Waals surface area contributed by atoms with Crippen LogP contribution in [0.3, 0.4) is 0 Å². The Morgan fingerprint density at radius 1 is 1.03 bits per heavy atom. The number of hydrogen-bond acceptors (Lipinski definition) is 5. The number of hydrogen-bond donors (Lipinski definition) is 2. The summed E-state index contributed by atoms with van der Waals surface area (Å²) in [5, 5.41) is 4.71. The van der Waals surface area contributed by atoms with Crippen molar-refractivity contribution in [1.29, 1.82) is 0 Å². The minimum Gasteiger partial charge on any atom is -0.405 e. The van der Waals surface area contributed by atoms with Gasteiger partial charge in [-0.05, 0) is 32.1 Å². The zero-order chi connectivity index (χ0) is 24.2. The molecule has 0 aliphatic rings. The molecule has 2 N–H and O–H groups in total. The molecule has 0 saturated carbocycles. The number of carbonyl (C=O) groups excluding carboxylic acids is 2. The molecule has 2 aromatic carbocycles. The number of rotatable bonds is 5. The molecule has 8 nitrogen and oxygen atoms in total. The SMILES string of the molecule is CC(C)n1nc(C(=O)NNC(=O)/C=C/c2ccccc2OC(F)(F)F)c2ccccc2c1=O. The molecule has 172 valence electrons. The first-order valence-electron chi connectivity index (χ1n) is 9.71. The van der Waals surface area contributed by atoms with Gasteiger partial charge in [0, 0.05) is 17.0 Å². The molecule has 0 atom stereocenters. The summed E-state index contributed by atoms with van der Waals surface area (Å²) in [5.74, 6) is -2.07. The van der Waals surface area contributed by atoms with Crippen molar-refractivity contribution in [3.63, 3.8) is 0 Å². The number of aromatic nitrogens is 2. The Morgan fingerprint density at radius 3 is 2.33 bits per heavy atom. The van der Waals surface area contributed by atoms with Gasteiger partial charge in [-0.3, -0.25) is 25.2 Å². The lowest BCUT2D eigenvalue weighted by Gasteiger charge is -2.13. The summed E-state index contributed by atoms with van der Waals surface area (Å²) in [6.07, 6.45) is -2.85. The van der Waals surface area contributed by atoms with Crippen LogP contribution in [0.2, 0.25) is 0 Å². The summed E-state index contributed by atoms with van der Waals surface area (Å²) in [6, 6.07) is 11.4. The van der Waals surface area contributed by atoms with Gasteiger partial charge in [-0.2, -0.15) is 5.10 Å². The lowest BCUT2D eigenvalue weighted by Crippen LogP contribution is -2.42. The van der Waals surface area contributed by atoms with Crippen molar-refractivity contribution in [2.45, 2.75) is 26.3 Å². The molecule has 0 bridgehead atoms. The average Bonchev–Trinajstić information content (AvgIpc) is 2.76. The highest BCUT2D eigenvalue weighted by Crippen LogP contribution is 2.26. The van der Waals surface area contributed by atoms with Crippen LogP contribution in [0.5, 0.6) is 5.75 Å². The molecule has 3 aromatic rings. The smallest absolute Gasteiger partial charge is 0.405 e. The maximum absolute atomic E-state index is 12.7. The number of alkyl halides is 3. The molecule has 0 unspecified atom stereocenters. The predicted octanol–water partition coefficient (Wildman–Crippen LogP) is 3.35. The van der Waals surface area contributed by atoms with Crippen LogP contribution in [0, 0.1) is 0 Å². The number of fused-ring (bicyclic) bond motifs is 1. The Morgan fingerprint density at radius 2 is 1.67 bits per heavy atom. The topological polar surface area (TPSA) is 102 Å². The highest BCUT2D eigenvalue weighted by molar-refractivity contribution is 6.05. The van der Waals surface area contributed by atoms with Crippen molar-refractivity contribution in [2.24, 2.45) is 0 Å². The predicted molar refractivity (Wildman–Crippen MR) is 114 cm³/mol. The van der Waals surface area contributed by atoms with Crippen LogP contribution in [0.1, 0.15) is 35.9 Å². The normalized spacial score (nSPS) is 11.7. The van der Waals surface area contributed by atoms with Crippen LogP contribution in [-0.4, -0.2) is 28.0 Å². The minimum absolute atomic E-state index is 0.00738. The van der Waals surface area contributed by atoms with Gasteiger partial charge in [-0.25, -0.2) is 4.68 Å². The third-order valence-electron chi connectivity index (χ3n) is 4.39. The Hall–Kier alpha value is -4.15. The Bertz CT molecular complexity index is 1280. The molecule has 2 amide bonds. The molecule has 0 aliphatic heterocycles. The monoisotopic (exact) mass is 460 g/mol. The summed E-state index contributed by atoms with van der Waals surface area (Å²) in [7, 11) is 0. The van der Waals surface area contributed by atoms with Crippen LogP contribution >= 0.6 is 0 Å². The van der Waals surface area contributed by atoms with E-state index in [1.54, 1.807) is 38.1 Å². The summed E-state index contributed by atoms with van der Waals surface area (Å²) in [4.78, 5) is 37.3. The van der Waals surface area contributed by atoms with Crippen LogP contribution in [0.4, 0.5) is 13.2 Å². The highest BCUT2D eigenvalue weighted by Gasteiger charge is 2.31. The van der Waals surface area contributed by atoms with Crippen molar-refractivity contribution >= 4 is 28.7 Å². The van der Waals surface area contributed by atoms with E-state index < -0.39 is 23.9 Å². The maximum atomic E-state index is 12.7. The quantitative estimate of drug-likeness (QED) is 0.449. The molecule has 33 heavy (non-hydrogen) atoms. The number of hydrazine groups is 1. The summed E-state index contributed by atoms with van der Waals surface area (Å²) in [5.41, 5.74) is 3.89. The summed E-state index contributed by atoms with van der Waals surface area (Å²) < 4.78 is 42.6. The van der Waals surface area contributed by atoms with E-state index in [1.165, 1.54) is 18.2 Å². The standard InChI is InChI=1S/C22H19F3N4O4/c1-13(2)29-21(32)16-9-5-4-8-15(16)19(28-29)20(31)27-26-18(30)12-11-14-7-3-6-10-17(14)33-22(23,24)25/h3-13H,1-2H3,(H,26,30)(H,27,31)/b12-11+. The van der Waals surface area contributed by atoms with Crippen LogP contribution in [0.25, 0.3) is 16.8 Å². The van der Waals surface area contributed by atoms with E-state index in [0.29, 0.717) is 10.8 Å². The van der Waals surface area contributed by atoms with Gasteiger partial charge in [0.15, 0.2) is 5.69 Å². The van der Waals surface area contributed by atoms with Crippen molar-refractivity contribution in [3.05, 3.63) is 76.2 Å². The lowest BCUT2D eigenvalue weighted by atomic mass is 10.1. The van der Waals surface area contributed by atoms with Gasteiger partial charge in [0.2, 0.25) is 0 Å². The third kappa shape index (κ3) is 5.76. The van der Waals surface area contributed by atoms with Gasteiger partial charge in [0.05, 0.1) is 11.4 Å². The second-order valence-electron chi connectivity index (χ2n) is 7.10. The molecule has 11 heteroatoms. The molecule has 0 radical (unpaired) electrons. The molecule has 0 aliphatic carbocycles. The molecule has 0 fully saturated rings. The number of halogens is 3. The zero-order valence-corrected chi connectivity index (χ0v) is 17.5. The Labute approximate surface area is 185 Å². The zero-order valence-electron chi connectivity index (χ0n) is 17.5.